The van der Waals surface area contributed by atoms with Gasteiger partial charge in [0.2, 0.25) is 0 Å². The minimum atomic E-state index is 0. The molecule has 68 valence electrons. The Labute approximate surface area is 76.7 Å². The highest BCUT2D eigenvalue weighted by Gasteiger charge is 2.18. The van der Waals surface area contributed by atoms with Crippen LogP contribution < -0.4 is 5.32 Å². The largest absolute Gasteiger partial charge is 0.317 e. The second kappa shape index (κ2) is 4.37. The van der Waals surface area contributed by atoms with E-state index in [2.05, 4.69) is 25.9 Å². The van der Waals surface area contributed by atoms with Gasteiger partial charge in [-0.05, 0) is 25.9 Å². The maximum Gasteiger partial charge on any atom is 0.177 e. The Bertz CT molecular complexity index is 206. The fourth-order valence-corrected chi connectivity index (χ4v) is 1.42. The maximum absolute atomic E-state index is 3.96. The van der Waals surface area contributed by atoms with Gasteiger partial charge < -0.3 is 5.32 Å². The summed E-state index contributed by atoms with van der Waals surface area (Å²) >= 11 is 0. The summed E-state index contributed by atoms with van der Waals surface area (Å²) in [7, 11) is 0. The van der Waals surface area contributed by atoms with Crippen molar-refractivity contribution < 1.29 is 0 Å². The predicted octanol–water partition coefficient (Wildman–Crippen LogP) is 0.0885. The lowest BCUT2D eigenvalue weighted by Crippen LogP contribution is -2.27. The zero-order valence-corrected chi connectivity index (χ0v) is 7.47. The highest BCUT2D eigenvalue weighted by Crippen LogP contribution is 2.20. The molecule has 0 aromatic carbocycles. The second-order valence-corrected chi connectivity index (χ2v) is 2.79. The van der Waals surface area contributed by atoms with Crippen molar-refractivity contribution in [2.45, 2.75) is 18.8 Å². The van der Waals surface area contributed by atoms with Crippen LogP contribution in [0.1, 0.15) is 24.6 Å². The first-order valence-electron chi connectivity index (χ1n) is 3.91. The fourth-order valence-electron chi connectivity index (χ4n) is 1.42. The van der Waals surface area contributed by atoms with Crippen LogP contribution in [0.5, 0.6) is 0 Å². The normalized spacial score (nSPS) is 18.7. The quantitative estimate of drug-likeness (QED) is 0.657. The number of hydrogen-bond acceptors (Lipinski definition) is 4. The van der Waals surface area contributed by atoms with E-state index in [9.17, 15) is 0 Å². The van der Waals surface area contributed by atoms with Gasteiger partial charge in [-0.2, -0.15) is 5.21 Å². The first kappa shape index (κ1) is 9.41. The van der Waals surface area contributed by atoms with Crippen LogP contribution >= 0.6 is 12.4 Å². The SMILES string of the molecule is C1CC(c2nn[nH]n2)CCN1.Cl. The number of hydrogen-bond donors (Lipinski definition) is 2. The smallest absolute Gasteiger partial charge is 0.177 e. The Balaban J connectivity index is 0.000000720. The Morgan fingerprint density at radius 1 is 1.25 bits per heavy atom. The number of aromatic amines is 1. The summed E-state index contributed by atoms with van der Waals surface area (Å²) in [5.41, 5.74) is 0. The minimum Gasteiger partial charge on any atom is -0.317 e. The van der Waals surface area contributed by atoms with Crippen molar-refractivity contribution in [3.05, 3.63) is 5.82 Å². The van der Waals surface area contributed by atoms with Gasteiger partial charge in [-0.15, -0.1) is 22.6 Å². The average molecular weight is 190 g/mol. The van der Waals surface area contributed by atoms with Crippen molar-refractivity contribution >= 4 is 12.4 Å². The molecule has 0 unspecified atom stereocenters. The van der Waals surface area contributed by atoms with E-state index in [1.165, 1.54) is 0 Å². The van der Waals surface area contributed by atoms with E-state index in [1.807, 2.05) is 0 Å². The monoisotopic (exact) mass is 189 g/mol. The van der Waals surface area contributed by atoms with Gasteiger partial charge in [-0.25, -0.2) is 0 Å². The molecule has 2 heterocycles. The molecule has 0 radical (unpaired) electrons. The number of nitrogens with one attached hydrogen (secondary N) is 2. The third kappa shape index (κ3) is 1.92. The molecule has 0 amide bonds. The molecule has 0 atom stereocenters. The molecule has 5 nitrogen and oxygen atoms in total. The van der Waals surface area contributed by atoms with Crippen LogP contribution in [-0.4, -0.2) is 33.7 Å². The van der Waals surface area contributed by atoms with Crippen LogP contribution in [-0.2, 0) is 0 Å². The number of nitrogens with zero attached hydrogens (tertiary/aromatic N) is 3. The molecule has 1 aliphatic heterocycles. The average Bonchev–Trinajstić information content (AvgIpc) is 2.58. The van der Waals surface area contributed by atoms with Gasteiger partial charge in [0.05, 0.1) is 0 Å². The first-order valence-corrected chi connectivity index (χ1v) is 3.91. The molecule has 0 aliphatic carbocycles. The number of piperidine rings is 1. The number of aromatic nitrogens is 4. The first-order chi connectivity index (χ1) is 5.47. The lowest BCUT2D eigenvalue weighted by Gasteiger charge is -2.18. The van der Waals surface area contributed by atoms with Gasteiger partial charge in [0.15, 0.2) is 5.82 Å². The van der Waals surface area contributed by atoms with E-state index in [4.69, 9.17) is 0 Å². The molecular formula is C6H12ClN5. The molecule has 0 saturated carbocycles. The Morgan fingerprint density at radius 3 is 2.58 bits per heavy atom. The molecule has 1 saturated heterocycles. The van der Waals surface area contributed by atoms with Crippen LogP contribution in [0.3, 0.4) is 0 Å². The van der Waals surface area contributed by atoms with E-state index in [0.717, 1.165) is 31.8 Å². The topological polar surface area (TPSA) is 66.5 Å². The lowest BCUT2D eigenvalue weighted by molar-refractivity contribution is 0.445. The van der Waals surface area contributed by atoms with Crippen molar-refractivity contribution in [1.29, 1.82) is 0 Å². The third-order valence-electron chi connectivity index (χ3n) is 2.07. The maximum atomic E-state index is 3.96. The summed E-state index contributed by atoms with van der Waals surface area (Å²) in [5.74, 6) is 1.38. The van der Waals surface area contributed by atoms with Crippen molar-refractivity contribution in [3.63, 3.8) is 0 Å². The highest BCUT2D eigenvalue weighted by molar-refractivity contribution is 5.85. The zero-order chi connectivity index (χ0) is 7.52. The van der Waals surface area contributed by atoms with E-state index in [0.29, 0.717) is 5.92 Å². The van der Waals surface area contributed by atoms with E-state index in [-0.39, 0.29) is 12.4 Å². The summed E-state index contributed by atoms with van der Waals surface area (Å²) in [6, 6.07) is 0. The predicted molar refractivity (Wildman–Crippen MR) is 46.3 cm³/mol. The molecule has 1 fully saturated rings. The molecule has 6 heteroatoms. The van der Waals surface area contributed by atoms with E-state index >= 15 is 0 Å². The molecule has 2 rings (SSSR count). The van der Waals surface area contributed by atoms with Gasteiger partial charge in [-0.3, -0.25) is 0 Å². The van der Waals surface area contributed by atoms with Crippen LogP contribution in [0, 0.1) is 0 Å². The molecule has 1 aliphatic rings. The number of H-pyrrole nitrogens is 1. The molecular weight excluding hydrogens is 178 g/mol. The second-order valence-electron chi connectivity index (χ2n) is 2.79. The van der Waals surface area contributed by atoms with Gasteiger partial charge in [0, 0.05) is 5.92 Å². The molecule has 0 spiro atoms. The lowest BCUT2D eigenvalue weighted by atomic mass is 9.98. The van der Waals surface area contributed by atoms with Crippen molar-refractivity contribution in [2.24, 2.45) is 0 Å². The number of tetrazole rings is 1. The summed E-state index contributed by atoms with van der Waals surface area (Å²) in [4.78, 5) is 0. The van der Waals surface area contributed by atoms with Crippen molar-refractivity contribution in [3.8, 4) is 0 Å². The Kier molecular flexibility index (Phi) is 3.43. The summed E-state index contributed by atoms with van der Waals surface area (Å²) in [6.45, 7) is 2.14. The number of halogens is 1. The van der Waals surface area contributed by atoms with Gasteiger partial charge >= 0.3 is 0 Å². The highest BCUT2D eigenvalue weighted by atomic mass is 35.5. The molecule has 2 N–H and O–H groups in total. The van der Waals surface area contributed by atoms with E-state index < -0.39 is 0 Å². The van der Waals surface area contributed by atoms with Gasteiger partial charge in [0.25, 0.3) is 0 Å². The molecule has 12 heavy (non-hydrogen) atoms. The fraction of sp³-hybridized carbons (Fsp3) is 0.833. The number of rotatable bonds is 1. The van der Waals surface area contributed by atoms with Crippen LogP contribution in [0.15, 0.2) is 0 Å². The molecule has 1 aromatic rings. The third-order valence-corrected chi connectivity index (χ3v) is 2.07. The Morgan fingerprint density at radius 2 is 2.00 bits per heavy atom. The summed E-state index contributed by atoms with van der Waals surface area (Å²) in [6.07, 6.45) is 2.25. The Hall–Kier alpha value is -0.680. The van der Waals surface area contributed by atoms with Crippen molar-refractivity contribution in [1.82, 2.24) is 25.9 Å². The summed E-state index contributed by atoms with van der Waals surface area (Å²) < 4.78 is 0. The van der Waals surface area contributed by atoms with Crippen LogP contribution in [0.4, 0.5) is 0 Å². The van der Waals surface area contributed by atoms with Gasteiger partial charge in [-0.1, -0.05) is 5.21 Å². The summed E-state index contributed by atoms with van der Waals surface area (Å²) in [5, 5.41) is 17.2. The molecule has 0 bridgehead atoms. The van der Waals surface area contributed by atoms with Gasteiger partial charge in [0.1, 0.15) is 0 Å². The minimum absolute atomic E-state index is 0. The molecule has 1 aromatic heterocycles. The van der Waals surface area contributed by atoms with Crippen molar-refractivity contribution in [2.75, 3.05) is 13.1 Å². The van der Waals surface area contributed by atoms with Crippen LogP contribution in [0.25, 0.3) is 0 Å². The standard InChI is InChI=1S/C6H11N5.ClH/c1-3-7-4-2-5(1)6-8-10-11-9-6;/h5,7H,1-4H2,(H,8,9,10,11);1H. The zero-order valence-electron chi connectivity index (χ0n) is 6.66. The van der Waals surface area contributed by atoms with Crippen LogP contribution in [0.2, 0.25) is 0 Å². The van der Waals surface area contributed by atoms with E-state index in [1.54, 1.807) is 0 Å².